The zero-order chi connectivity index (χ0) is 22.7. The van der Waals surface area contributed by atoms with Crippen molar-refractivity contribution in [1.29, 1.82) is 0 Å². The summed E-state index contributed by atoms with van der Waals surface area (Å²) in [4.78, 5) is 25.8. The first-order chi connectivity index (χ1) is 15.4. The first kappa shape index (κ1) is 21.6. The largest absolute Gasteiger partial charge is 0.360 e. The third-order valence-corrected chi connectivity index (χ3v) is 5.30. The predicted octanol–water partition coefficient (Wildman–Crippen LogP) is 6.46. The molecule has 2 N–H and O–H groups in total. The fourth-order valence-electron chi connectivity index (χ4n) is 3.17. The zero-order valence-electron chi connectivity index (χ0n) is 16.9. The van der Waals surface area contributed by atoms with E-state index in [0.29, 0.717) is 44.0 Å². The summed E-state index contributed by atoms with van der Waals surface area (Å²) in [6.07, 6.45) is 0. The third kappa shape index (κ3) is 4.51. The number of carbonyl (C=O) groups excluding carboxylic acids is 2. The Morgan fingerprint density at radius 3 is 2.28 bits per heavy atom. The number of halogens is 2. The summed E-state index contributed by atoms with van der Waals surface area (Å²) in [6.45, 7) is 1.64. The van der Waals surface area contributed by atoms with Crippen LogP contribution in [0.25, 0.3) is 11.3 Å². The Morgan fingerprint density at radius 1 is 0.844 bits per heavy atom. The van der Waals surface area contributed by atoms with Gasteiger partial charge in [0.25, 0.3) is 11.8 Å². The molecule has 0 aliphatic rings. The van der Waals surface area contributed by atoms with E-state index in [1.54, 1.807) is 73.7 Å². The second-order valence-electron chi connectivity index (χ2n) is 6.91. The molecular weight excluding hydrogens is 449 g/mol. The van der Waals surface area contributed by atoms with Crippen LogP contribution in [0.2, 0.25) is 10.0 Å². The molecule has 32 heavy (non-hydrogen) atoms. The third-order valence-electron chi connectivity index (χ3n) is 4.73. The summed E-state index contributed by atoms with van der Waals surface area (Å²) < 4.78 is 5.27. The average molecular weight is 466 g/mol. The summed E-state index contributed by atoms with van der Waals surface area (Å²) in [7, 11) is 0. The molecule has 0 saturated heterocycles. The minimum atomic E-state index is -0.476. The lowest BCUT2D eigenvalue weighted by atomic mass is 10.1. The van der Waals surface area contributed by atoms with E-state index in [0.717, 1.165) is 0 Å². The van der Waals surface area contributed by atoms with Gasteiger partial charge in [0.2, 0.25) is 0 Å². The Kier molecular flexibility index (Phi) is 6.25. The van der Waals surface area contributed by atoms with Gasteiger partial charge in [-0.3, -0.25) is 9.59 Å². The van der Waals surface area contributed by atoms with Crippen molar-refractivity contribution in [3.63, 3.8) is 0 Å². The fraction of sp³-hybridized carbons (Fsp3) is 0.0417. The molecule has 4 rings (SSSR count). The highest BCUT2D eigenvalue weighted by Crippen LogP contribution is 2.33. The lowest BCUT2D eigenvalue weighted by Gasteiger charge is -2.13. The van der Waals surface area contributed by atoms with Gasteiger partial charge < -0.3 is 15.2 Å². The van der Waals surface area contributed by atoms with Gasteiger partial charge in [-0.2, -0.15) is 0 Å². The van der Waals surface area contributed by atoms with Crippen LogP contribution in [-0.4, -0.2) is 17.0 Å². The normalized spacial score (nSPS) is 10.6. The van der Waals surface area contributed by atoms with E-state index >= 15 is 0 Å². The van der Waals surface area contributed by atoms with Crippen LogP contribution in [0.3, 0.4) is 0 Å². The Hall–Kier alpha value is -3.61. The number of carbonyl (C=O) groups is 2. The molecule has 6 nitrogen and oxygen atoms in total. The van der Waals surface area contributed by atoms with Crippen LogP contribution in [0, 0.1) is 6.92 Å². The molecule has 1 heterocycles. The van der Waals surface area contributed by atoms with Crippen molar-refractivity contribution in [2.45, 2.75) is 6.92 Å². The molecule has 0 bridgehead atoms. The van der Waals surface area contributed by atoms with Gasteiger partial charge in [0.05, 0.1) is 16.4 Å². The Labute approximate surface area is 194 Å². The maximum Gasteiger partial charge on any atom is 0.261 e. The number of rotatable bonds is 5. The number of nitrogens with one attached hydrogen (secondary N) is 2. The van der Waals surface area contributed by atoms with Crippen molar-refractivity contribution in [2.24, 2.45) is 0 Å². The molecule has 0 fully saturated rings. The molecule has 2 amide bonds. The van der Waals surface area contributed by atoms with E-state index in [2.05, 4.69) is 15.8 Å². The zero-order valence-corrected chi connectivity index (χ0v) is 18.4. The minimum absolute atomic E-state index is 0.235. The number of nitrogens with zero attached hydrogens (tertiary/aromatic N) is 1. The minimum Gasteiger partial charge on any atom is -0.360 e. The standard InChI is InChI=1S/C24H17Cl2N3O3/c1-14-21(22(29-32-14)17-9-5-6-10-18(17)26)24(31)28-20-13-16(25)11-12-19(20)27-23(30)15-7-3-2-4-8-15/h2-13H,1H3,(H,27,30)(H,28,31). The molecule has 0 radical (unpaired) electrons. The molecule has 160 valence electrons. The van der Waals surface area contributed by atoms with E-state index in [-0.39, 0.29) is 11.5 Å². The second kappa shape index (κ2) is 9.26. The molecule has 0 spiro atoms. The van der Waals surface area contributed by atoms with Crippen LogP contribution in [-0.2, 0) is 0 Å². The van der Waals surface area contributed by atoms with E-state index in [1.165, 1.54) is 0 Å². The number of aromatic nitrogens is 1. The SMILES string of the molecule is Cc1onc(-c2ccccc2Cl)c1C(=O)Nc1cc(Cl)ccc1NC(=O)c1ccccc1. The summed E-state index contributed by atoms with van der Waals surface area (Å²) in [6, 6.07) is 20.6. The molecule has 0 unspecified atom stereocenters. The van der Waals surface area contributed by atoms with Gasteiger partial charge in [-0.1, -0.05) is 64.8 Å². The van der Waals surface area contributed by atoms with Crippen molar-refractivity contribution < 1.29 is 14.1 Å². The summed E-state index contributed by atoms with van der Waals surface area (Å²) in [5.74, 6) is -0.466. The van der Waals surface area contributed by atoms with Crippen LogP contribution in [0.5, 0.6) is 0 Å². The second-order valence-corrected chi connectivity index (χ2v) is 7.75. The fourth-order valence-corrected chi connectivity index (χ4v) is 3.57. The monoisotopic (exact) mass is 465 g/mol. The molecule has 0 aliphatic carbocycles. The highest BCUT2D eigenvalue weighted by Gasteiger charge is 2.24. The maximum absolute atomic E-state index is 13.2. The molecule has 3 aromatic carbocycles. The average Bonchev–Trinajstić information content (AvgIpc) is 3.17. The number of hydrogen-bond donors (Lipinski definition) is 2. The summed E-state index contributed by atoms with van der Waals surface area (Å²) in [5.41, 5.74) is 2.33. The Morgan fingerprint density at radius 2 is 1.53 bits per heavy atom. The summed E-state index contributed by atoms with van der Waals surface area (Å²) >= 11 is 12.4. The lowest BCUT2D eigenvalue weighted by molar-refractivity contribution is 0.101. The molecule has 4 aromatic rings. The van der Waals surface area contributed by atoms with Gasteiger partial charge in [-0.05, 0) is 43.3 Å². The summed E-state index contributed by atoms with van der Waals surface area (Å²) in [5, 5.41) is 10.5. The van der Waals surface area contributed by atoms with Crippen molar-refractivity contribution in [3.8, 4) is 11.3 Å². The van der Waals surface area contributed by atoms with Gasteiger partial charge >= 0.3 is 0 Å². The molecule has 0 aliphatic heterocycles. The predicted molar refractivity (Wildman–Crippen MR) is 125 cm³/mol. The highest BCUT2D eigenvalue weighted by molar-refractivity contribution is 6.33. The van der Waals surface area contributed by atoms with E-state index < -0.39 is 5.91 Å². The van der Waals surface area contributed by atoms with Crippen LogP contribution in [0.15, 0.2) is 77.3 Å². The Bertz CT molecular complexity index is 1300. The van der Waals surface area contributed by atoms with Gasteiger partial charge in [0.1, 0.15) is 17.0 Å². The van der Waals surface area contributed by atoms with Crippen LogP contribution >= 0.6 is 23.2 Å². The maximum atomic E-state index is 13.2. The van der Waals surface area contributed by atoms with Crippen molar-refractivity contribution in [3.05, 3.63) is 99.7 Å². The van der Waals surface area contributed by atoms with Gasteiger partial charge in [-0.25, -0.2) is 0 Å². The highest BCUT2D eigenvalue weighted by atomic mass is 35.5. The van der Waals surface area contributed by atoms with E-state index in [4.69, 9.17) is 27.7 Å². The van der Waals surface area contributed by atoms with Crippen molar-refractivity contribution >= 4 is 46.4 Å². The first-order valence-electron chi connectivity index (χ1n) is 9.62. The van der Waals surface area contributed by atoms with E-state index in [1.807, 2.05) is 6.07 Å². The lowest BCUT2D eigenvalue weighted by Crippen LogP contribution is -2.17. The topological polar surface area (TPSA) is 84.2 Å². The quantitative estimate of drug-likeness (QED) is 0.354. The Balaban J connectivity index is 1.65. The number of aryl methyl sites for hydroxylation is 1. The van der Waals surface area contributed by atoms with Crippen LogP contribution < -0.4 is 10.6 Å². The number of benzene rings is 3. The van der Waals surface area contributed by atoms with Crippen LogP contribution in [0.4, 0.5) is 11.4 Å². The number of hydrogen-bond acceptors (Lipinski definition) is 4. The first-order valence-corrected chi connectivity index (χ1v) is 10.4. The number of anilines is 2. The number of amides is 2. The van der Waals surface area contributed by atoms with Gasteiger partial charge in [-0.15, -0.1) is 0 Å². The molecule has 0 atom stereocenters. The molecular formula is C24H17Cl2N3O3. The van der Waals surface area contributed by atoms with Gasteiger partial charge in [0, 0.05) is 16.1 Å². The molecule has 0 saturated carbocycles. The smallest absolute Gasteiger partial charge is 0.261 e. The van der Waals surface area contributed by atoms with Crippen molar-refractivity contribution in [1.82, 2.24) is 5.16 Å². The van der Waals surface area contributed by atoms with Crippen molar-refractivity contribution in [2.75, 3.05) is 10.6 Å². The van der Waals surface area contributed by atoms with Gasteiger partial charge in [0.15, 0.2) is 0 Å². The van der Waals surface area contributed by atoms with Crippen LogP contribution in [0.1, 0.15) is 26.5 Å². The van der Waals surface area contributed by atoms with E-state index in [9.17, 15) is 9.59 Å². The molecule has 1 aromatic heterocycles. The molecule has 8 heteroatoms.